The van der Waals surface area contributed by atoms with Gasteiger partial charge in [-0.3, -0.25) is 9.48 Å². The second-order valence-corrected chi connectivity index (χ2v) is 6.12. The molecule has 1 fully saturated rings. The molecule has 4 rings (SSSR count). The zero-order chi connectivity index (χ0) is 17.2. The largest absolute Gasteiger partial charge is 0.370 e. The third kappa shape index (κ3) is 2.96. The van der Waals surface area contributed by atoms with Crippen molar-refractivity contribution < 1.29 is 9.53 Å². The van der Waals surface area contributed by atoms with Gasteiger partial charge in [0.1, 0.15) is 17.5 Å². The van der Waals surface area contributed by atoms with Gasteiger partial charge in [-0.1, -0.05) is 30.3 Å². The van der Waals surface area contributed by atoms with E-state index in [9.17, 15) is 4.79 Å². The van der Waals surface area contributed by atoms with Crippen LogP contribution in [0.3, 0.4) is 0 Å². The van der Waals surface area contributed by atoms with Crippen LogP contribution in [0.2, 0.25) is 0 Å². The van der Waals surface area contributed by atoms with Crippen LogP contribution in [-0.4, -0.2) is 44.9 Å². The molecule has 0 N–H and O–H groups in total. The predicted molar refractivity (Wildman–Crippen MR) is 93.6 cm³/mol. The smallest absolute Gasteiger partial charge is 0.259 e. The molecular formula is C19H20N4O2. The van der Waals surface area contributed by atoms with Crippen molar-refractivity contribution in [3.63, 3.8) is 0 Å². The van der Waals surface area contributed by atoms with Crippen molar-refractivity contribution in [1.29, 1.82) is 0 Å². The van der Waals surface area contributed by atoms with E-state index < -0.39 is 0 Å². The van der Waals surface area contributed by atoms with Crippen molar-refractivity contribution in [1.82, 2.24) is 19.2 Å². The number of carbonyl (C=O) groups excluding carboxylic acids is 1. The highest BCUT2D eigenvalue weighted by atomic mass is 16.5. The molecule has 3 heterocycles. The lowest BCUT2D eigenvalue weighted by Gasteiger charge is -2.33. The summed E-state index contributed by atoms with van der Waals surface area (Å²) in [5.41, 5.74) is 1.70. The molecule has 6 nitrogen and oxygen atoms in total. The second-order valence-electron chi connectivity index (χ2n) is 6.12. The van der Waals surface area contributed by atoms with Crippen molar-refractivity contribution in [2.75, 3.05) is 19.7 Å². The van der Waals surface area contributed by atoms with Gasteiger partial charge in [-0.05, 0) is 17.7 Å². The van der Waals surface area contributed by atoms with Gasteiger partial charge in [0.2, 0.25) is 0 Å². The Bertz CT molecular complexity index is 855. The highest BCUT2D eigenvalue weighted by molar-refractivity contribution is 5.97. The molecule has 1 aliphatic rings. The predicted octanol–water partition coefficient (Wildman–Crippen LogP) is 2.42. The number of morpholine rings is 1. The fraction of sp³-hybridized carbons (Fsp3) is 0.263. The van der Waals surface area contributed by atoms with Gasteiger partial charge in [-0.25, -0.2) is 0 Å². The first-order valence-corrected chi connectivity index (χ1v) is 8.35. The molecule has 1 aliphatic heterocycles. The quantitative estimate of drug-likeness (QED) is 0.738. The molecular weight excluding hydrogens is 316 g/mol. The first-order chi connectivity index (χ1) is 12.2. The lowest BCUT2D eigenvalue weighted by molar-refractivity contribution is -0.0228. The Balaban J connectivity index is 1.59. The molecule has 6 heteroatoms. The summed E-state index contributed by atoms with van der Waals surface area (Å²) in [4.78, 5) is 15.0. The molecule has 0 saturated carbocycles. The average Bonchev–Trinajstić information content (AvgIpc) is 3.31. The number of carbonyl (C=O) groups is 1. The van der Waals surface area contributed by atoms with E-state index in [1.54, 1.807) is 10.9 Å². The van der Waals surface area contributed by atoms with E-state index in [4.69, 9.17) is 4.74 Å². The minimum absolute atomic E-state index is 0.0129. The van der Waals surface area contributed by atoms with E-state index in [-0.39, 0.29) is 12.0 Å². The normalized spacial score (nSPS) is 17.6. The van der Waals surface area contributed by atoms with Crippen LogP contribution in [0.5, 0.6) is 0 Å². The van der Waals surface area contributed by atoms with E-state index in [0.29, 0.717) is 25.3 Å². The molecule has 1 saturated heterocycles. The van der Waals surface area contributed by atoms with E-state index >= 15 is 0 Å². The van der Waals surface area contributed by atoms with Crippen LogP contribution in [0.4, 0.5) is 0 Å². The number of hydrogen-bond donors (Lipinski definition) is 0. The maximum absolute atomic E-state index is 13.1. The molecule has 128 valence electrons. The Hall–Kier alpha value is -2.86. The molecule has 1 atom stereocenters. The first-order valence-electron chi connectivity index (χ1n) is 8.35. The van der Waals surface area contributed by atoms with Crippen LogP contribution in [0.25, 0.3) is 5.82 Å². The number of amides is 1. The topological polar surface area (TPSA) is 52.3 Å². The van der Waals surface area contributed by atoms with Crippen LogP contribution in [-0.2, 0) is 11.8 Å². The number of nitrogens with zero attached hydrogens (tertiary/aromatic N) is 4. The van der Waals surface area contributed by atoms with Crippen LogP contribution in [0, 0.1) is 0 Å². The van der Waals surface area contributed by atoms with Gasteiger partial charge in [-0.15, -0.1) is 0 Å². The summed E-state index contributed by atoms with van der Waals surface area (Å²) in [6.45, 7) is 1.66. The molecule has 0 bridgehead atoms. The summed E-state index contributed by atoms with van der Waals surface area (Å²) in [6, 6.07) is 13.9. The maximum atomic E-state index is 13.1. The Morgan fingerprint density at radius 2 is 1.92 bits per heavy atom. The summed E-state index contributed by atoms with van der Waals surface area (Å²) >= 11 is 0. The van der Waals surface area contributed by atoms with Gasteiger partial charge >= 0.3 is 0 Å². The molecule has 0 unspecified atom stereocenters. The van der Waals surface area contributed by atoms with E-state index in [1.165, 1.54) is 0 Å². The van der Waals surface area contributed by atoms with Gasteiger partial charge in [0, 0.05) is 26.0 Å². The fourth-order valence-corrected chi connectivity index (χ4v) is 3.24. The molecule has 0 spiro atoms. The summed E-state index contributed by atoms with van der Waals surface area (Å²) < 4.78 is 9.50. The van der Waals surface area contributed by atoms with Crippen molar-refractivity contribution >= 4 is 5.91 Å². The number of ether oxygens (including phenoxy) is 1. The summed E-state index contributed by atoms with van der Waals surface area (Å²) in [5.74, 6) is 0.763. The van der Waals surface area contributed by atoms with E-state index in [2.05, 4.69) is 5.10 Å². The number of rotatable bonds is 3. The maximum Gasteiger partial charge on any atom is 0.259 e. The average molecular weight is 336 g/mol. The van der Waals surface area contributed by atoms with Crippen molar-refractivity contribution in [2.24, 2.45) is 7.05 Å². The molecule has 3 aromatic rings. The first kappa shape index (κ1) is 15.7. The standard InChI is InChI=1S/C19H20N4O2/c1-21-18(22-9-5-6-10-22)16(13-20-21)19(24)23-11-12-25-17(14-23)15-7-3-2-4-8-15/h2-10,13,17H,11-12,14H2,1H3/t17-/m0/s1. The minimum atomic E-state index is -0.0920. The van der Waals surface area contributed by atoms with Gasteiger partial charge in [0.15, 0.2) is 0 Å². The monoisotopic (exact) mass is 336 g/mol. The lowest BCUT2D eigenvalue weighted by Crippen LogP contribution is -2.42. The van der Waals surface area contributed by atoms with Crippen molar-refractivity contribution in [3.05, 3.63) is 72.2 Å². The van der Waals surface area contributed by atoms with E-state index in [1.807, 2.05) is 71.4 Å². The highest BCUT2D eigenvalue weighted by Gasteiger charge is 2.28. The number of aryl methyl sites for hydroxylation is 1. The fourth-order valence-electron chi connectivity index (χ4n) is 3.24. The van der Waals surface area contributed by atoms with E-state index in [0.717, 1.165) is 11.4 Å². The van der Waals surface area contributed by atoms with Crippen LogP contribution >= 0.6 is 0 Å². The van der Waals surface area contributed by atoms with Gasteiger partial charge < -0.3 is 14.2 Å². The Morgan fingerprint density at radius 1 is 1.16 bits per heavy atom. The van der Waals surface area contributed by atoms with Crippen molar-refractivity contribution in [3.8, 4) is 5.82 Å². The van der Waals surface area contributed by atoms with Gasteiger partial charge in [-0.2, -0.15) is 5.10 Å². The van der Waals surface area contributed by atoms with Crippen LogP contribution in [0.15, 0.2) is 61.1 Å². The number of hydrogen-bond acceptors (Lipinski definition) is 3. The third-order valence-electron chi connectivity index (χ3n) is 4.51. The molecule has 1 aromatic carbocycles. The molecule has 1 amide bonds. The minimum Gasteiger partial charge on any atom is -0.370 e. The molecule has 0 radical (unpaired) electrons. The molecule has 25 heavy (non-hydrogen) atoms. The Kier molecular flexibility index (Phi) is 4.11. The Morgan fingerprint density at radius 3 is 2.68 bits per heavy atom. The summed E-state index contributed by atoms with van der Waals surface area (Å²) in [5, 5.41) is 4.28. The molecule has 0 aliphatic carbocycles. The van der Waals surface area contributed by atoms with Crippen molar-refractivity contribution in [2.45, 2.75) is 6.10 Å². The summed E-state index contributed by atoms with van der Waals surface area (Å²) in [7, 11) is 1.85. The lowest BCUT2D eigenvalue weighted by atomic mass is 10.1. The van der Waals surface area contributed by atoms with Crippen LogP contribution in [0.1, 0.15) is 22.0 Å². The second kappa shape index (κ2) is 6.57. The van der Waals surface area contributed by atoms with Gasteiger partial charge in [0.25, 0.3) is 5.91 Å². The van der Waals surface area contributed by atoms with Crippen LogP contribution < -0.4 is 0 Å². The Labute approximate surface area is 146 Å². The zero-order valence-electron chi connectivity index (χ0n) is 14.1. The SMILES string of the molecule is Cn1ncc(C(=O)N2CCO[C@H](c3ccccc3)C2)c1-n1cccc1. The highest BCUT2D eigenvalue weighted by Crippen LogP contribution is 2.24. The van der Waals surface area contributed by atoms with Gasteiger partial charge in [0.05, 0.1) is 19.3 Å². The summed E-state index contributed by atoms with van der Waals surface area (Å²) in [6.07, 6.45) is 5.38. The zero-order valence-corrected chi connectivity index (χ0v) is 14.1. The number of benzene rings is 1. The third-order valence-corrected chi connectivity index (χ3v) is 4.51. The molecule has 2 aromatic heterocycles. The number of aromatic nitrogens is 3.